The Kier molecular flexibility index (Phi) is 3.26. The van der Waals surface area contributed by atoms with Gasteiger partial charge in [-0.2, -0.15) is 4.98 Å². The largest absolute Gasteiger partial charge is 0.340 e. The van der Waals surface area contributed by atoms with Crippen molar-refractivity contribution in [2.45, 2.75) is 26.9 Å². The maximum atomic E-state index is 4.87. The van der Waals surface area contributed by atoms with E-state index in [0.29, 0.717) is 18.3 Å². The van der Waals surface area contributed by atoms with Crippen molar-refractivity contribution >= 4 is 0 Å². The zero-order chi connectivity index (χ0) is 11.4. The van der Waals surface area contributed by atoms with Gasteiger partial charge < -0.3 is 9.84 Å². The molecule has 0 saturated carbocycles. The molecule has 2 aromatic heterocycles. The van der Waals surface area contributed by atoms with Crippen LogP contribution in [0, 0.1) is 13.8 Å². The van der Waals surface area contributed by atoms with Gasteiger partial charge in [-0.3, -0.25) is 4.98 Å². The van der Waals surface area contributed by atoms with Crippen LogP contribution in [0.1, 0.15) is 22.8 Å². The lowest BCUT2D eigenvalue weighted by atomic mass is 10.2. The maximum absolute atomic E-state index is 4.87. The molecule has 0 fully saturated rings. The van der Waals surface area contributed by atoms with E-state index in [-0.39, 0.29) is 0 Å². The highest BCUT2D eigenvalue weighted by Crippen LogP contribution is 2.01. The topological polar surface area (TPSA) is 63.8 Å². The van der Waals surface area contributed by atoms with Gasteiger partial charge in [0.05, 0.1) is 6.54 Å². The van der Waals surface area contributed by atoms with Crippen LogP contribution in [0.15, 0.2) is 23.0 Å². The Hall–Kier alpha value is -1.75. The van der Waals surface area contributed by atoms with E-state index in [1.165, 1.54) is 0 Å². The molecule has 2 aromatic rings. The highest BCUT2D eigenvalue weighted by Gasteiger charge is 2.01. The fourth-order valence-corrected chi connectivity index (χ4v) is 1.45. The van der Waals surface area contributed by atoms with E-state index in [1.807, 2.05) is 19.3 Å². The van der Waals surface area contributed by atoms with Gasteiger partial charge in [-0.05, 0) is 18.1 Å². The SMILES string of the molecule is Cc1cncc(CNCc2noc(C)n2)c1. The van der Waals surface area contributed by atoms with Gasteiger partial charge in [0.15, 0.2) is 5.82 Å². The average Bonchev–Trinajstić information content (AvgIpc) is 2.64. The summed E-state index contributed by atoms with van der Waals surface area (Å²) in [5, 5.41) is 7.03. The van der Waals surface area contributed by atoms with E-state index in [2.05, 4.69) is 26.5 Å². The van der Waals surface area contributed by atoms with Crippen LogP contribution in [0.5, 0.6) is 0 Å². The molecule has 0 aromatic carbocycles. The first-order valence-corrected chi connectivity index (χ1v) is 5.14. The van der Waals surface area contributed by atoms with Gasteiger partial charge in [-0.1, -0.05) is 11.2 Å². The fourth-order valence-electron chi connectivity index (χ4n) is 1.45. The lowest BCUT2D eigenvalue weighted by Crippen LogP contribution is -2.13. The van der Waals surface area contributed by atoms with Gasteiger partial charge in [0.1, 0.15) is 0 Å². The molecule has 0 unspecified atom stereocenters. The summed E-state index contributed by atoms with van der Waals surface area (Å²) in [5.74, 6) is 1.27. The Bertz CT molecular complexity index is 467. The second kappa shape index (κ2) is 4.85. The Balaban J connectivity index is 1.84. The number of hydrogen-bond donors (Lipinski definition) is 1. The van der Waals surface area contributed by atoms with Crippen molar-refractivity contribution in [1.29, 1.82) is 0 Å². The van der Waals surface area contributed by atoms with Crippen molar-refractivity contribution in [1.82, 2.24) is 20.4 Å². The number of nitrogens with zero attached hydrogens (tertiary/aromatic N) is 3. The summed E-state index contributed by atoms with van der Waals surface area (Å²) in [6, 6.07) is 2.10. The van der Waals surface area contributed by atoms with E-state index in [4.69, 9.17) is 4.52 Å². The Morgan fingerprint density at radius 2 is 2.12 bits per heavy atom. The van der Waals surface area contributed by atoms with Crippen molar-refractivity contribution in [2.75, 3.05) is 0 Å². The summed E-state index contributed by atoms with van der Waals surface area (Å²) >= 11 is 0. The van der Waals surface area contributed by atoms with Crippen LogP contribution in [-0.4, -0.2) is 15.1 Å². The summed E-state index contributed by atoms with van der Waals surface area (Å²) in [6.07, 6.45) is 3.69. The second-order valence-electron chi connectivity index (χ2n) is 3.70. The smallest absolute Gasteiger partial charge is 0.223 e. The van der Waals surface area contributed by atoms with Gasteiger partial charge in [0.2, 0.25) is 5.89 Å². The molecule has 2 rings (SSSR count). The van der Waals surface area contributed by atoms with Gasteiger partial charge >= 0.3 is 0 Å². The Labute approximate surface area is 93.9 Å². The highest BCUT2D eigenvalue weighted by molar-refractivity contribution is 5.16. The molecule has 0 aliphatic heterocycles. The molecule has 0 aliphatic rings. The zero-order valence-corrected chi connectivity index (χ0v) is 9.40. The second-order valence-corrected chi connectivity index (χ2v) is 3.70. The van der Waals surface area contributed by atoms with Gasteiger partial charge in [0.25, 0.3) is 0 Å². The van der Waals surface area contributed by atoms with Gasteiger partial charge in [-0.15, -0.1) is 0 Å². The summed E-state index contributed by atoms with van der Waals surface area (Å²) in [6.45, 7) is 5.16. The number of aryl methyl sites for hydroxylation is 2. The van der Waals surface area contributed by atoms with Crippen LogP contribution in [0.2, 0.25) is 0 Å². The summed E-state index contributed by atoms with van der Waals surface area (Å²) in [7, 11) is 0. The predicted molar refractivity (Wildman–Crippen MR) is 58.6 cm³/mol. The van der Waals surface area contributed by atoms with Crippen LogP contribution in [0.3, 0.4) is 0 Å². The van der Waals surface area contributed by atoms with Crippen molar-refractivity contribution in [2.24, 2.45) is 0 Å². The first kappa shape index (κ1) is 10.8. The first-order chi connectivity index (χ1) is 7.74. The third kappa shape index (κ3) is 2.87. The minimum Gasteiger partial charge on any atom is -0.340 e. The van der Waals surface area contributed by atoms with Crippen LogP contribution in [0.25, 0.3) is 0 Å². The van der Waals surface area contributed by atoms with E-state index >= 15 is 0 Å². The molecule has 1 N–H and O–H groups in total. The molecule has 0 bridgehead atoms. The third-order valence-electron chi connectivity index (χ3n) is 2.11. The monoisotopic (exact) mass is 218 g/mol. The fraction of sp³-hybridized carbons (Fsp3) is 0.364. The molecule has 0 amide bonds. The molecule has 0 radical (unpaired) electrons. The molecule has 5 heteroatoms. The maximum Gasteiger partial charge on any atom is 0.223 e. The van der Waals surface area contributed by atoms with Crippen molar-refractivity contribution in [3.8, 4) is 0 Å². The quantitative estimate of drug-likeness (QED) is 0.839. The first-order valence-electron chi connectivity index (χ1n) is 5.14. The molecule has 84 valence electrons. The van der Waals surface area contributed by atoms with Gasteiger partial charge in [-0.25, -0.2) is 0 Å². The molecule has 0 atom stereocenters. The standard InChI is InChI=1S/C11H14N4O/c1-8-3-10(5-12-4-8)6-13-7-11-14-9(2)16-15-11/h3-5,13H,6-7H2,1-2H3. The minimum atomic E-state index is 0.592. The van der Waals surface area contributed by atoms with Crippen LogP contribution < -0.4 is 5.32 Å². The number of rotatable bonds is 4. The summed E-state index contributed by atoms with van der Waals surface area (Å²) in [5.41, 5.74) is 2.31. The van der Waals surface area contributed by atoms with Crippen LogP contribution >= 0.6 is 0 Å². The molecule has 0 saturated heterocycles. The average molecular weight is 218 g/mol. The Morgan fingerprint density at radius 3 is 2.81 bits per heavy atom. The van der Waals surface area contributed by atoms with Crippen molar-refractivity contribution < 1.29 is 4.52 Å². The number of hydrogen-bond acceptors (Lipinski definition) is 5. The lowest BCUT2D eigenvalue weighted by Gasteiger charge is -2.02. The lowest BCUT2D eigenvalue weighted by molar-refractivity contribution is 0.385. The normalized spacial score (nSPS) is 10.6. The third-order valence-corrected chi connectivity index (χ3v) is 2.11. The van der Waals surface area contributed by atoms with E-state index < -0.39 is 0 Å². The summed E-state index contributed by atoms with van der Waals surface area (Å²) < 4.78 is 4.87. The highest BCUT2D eigenvalue weighted by atomic mass is 16.5. The molecular formula is C11H14N4O. The van der Waals surface area contributed by atoms with Gasteiger partial charge in [0, 0.05) is 25.9 Å². The minimum absolute atomic E-state index is 0.592. The molecule has 5 nitrogen and oxygen atoms in total. The van der Waals surface area contributed by atoms with Crippen molar-refractivity contribution in [3.63, 3.8) is 0 Å². The zero-order valence-electron chi connectivity index (χ0n) is 9.40. The molecule has 0 aliphatic carbocycles. The molecular weight excluding hydrogens is 204 g/mol. The van der Waals surface area contributed by atoms with Crippen LogP contribution in [-0.2, 0) is 13.1 Å². The molecule has 16 heavy (non-hydrogen) atoms. The van der Waals surface area contributed by atoms with Crippen LogP contribution in [0.4, 0.5) is 0 Å². The number of aromatic nitrogens is 3. The predicted octanol–water partition coefficient (Wildman–Crippen LogP) is 1.37. The number of nitrogens with one attached hydrogen (secondary N) is 1. The van der Waals surface area contributed by atoms with Crippen molar-refractivity contribution in [3.05, 3.63) is 41.3 Å². The van der Waals surface area contributed by atoms with E-state index in [9.17, 15) is 0 Å². The number of pyridine rings is 1. The van der Waals surface area contributed by atoms with E-state index in [0.717, 1.165) is 17.7 Å². The van der Waals surface area contributed by atoms with E-state index in [1.54, 1.807) is 6.92 Å². The Morgan fingerprint density at radius 1 is 1.25 bits per heavy atom. The molecule has 0 spiro atoms. The molecule has 2 heterocycles. The summed E-state index contributed by atoms with van der Waals surface area (Å²) in [4.78, 5) is 8.23.